The fourth-order valence-electron chi connectivity index (χ4n) is 3.08. The molecule has 0 aliphatic carbocycles. The normalized spacial score (nSPS) is 23.0. The van der Waals surface area contributed by atoms with Crippen LogP contribution < -0.4 is 15.5 Å². The van der Waals surface area contributed by atoms with Crippen molar-refractivity contribution in [3.05, 3.63) is 24.0 Å². The number of anilines is 2. The zero-order valence-electron chi connectivity index (χ0n) is 12.6. The summed E-state index contributed by atoms with van der Waals surface area (Å²) in [6, 6.07) is 5.04. The first-order chi connectivity index (χ1) is 10.7. The Bertz CT molecular complexity index is 546. The Morgan fingerprint density at radius 2 is 2.09 bits per heavy atom. The molecule has 1 aromatic carbocycles. The Morgan fingerprint density at radius 3 is 2.77 bits per heavy atom. The molecule has 1 atom stereocenters. The smallest absolute Gasteiger partial charge is 0.227 e. The predicted octanol–water partition coefficient (Wildman–Crippen LogP) is 1.36. The first-order valence-electron chi connectivity index (χ1n) is 7.81. The van der Waals surface area contributed by atoms with Gasteiger partial charge in [0, 0.05) is 31.7 Å². The van der Waals surface area contributed by atoms with Crippen molar-refractivity contribution < 1.29 is 13.9 Å². The summed E-state index contributed by atoms with van der Waals surface area (Å²) in [5.74, 6) is 0.0463. The molecule has 22 heavy (non-hydrogen) atoms. The van der Waals surface area contributed by atoms with E-state index in [1.54, 1.807) is 11.0 Å². The number of halogens is 1. The monoisotopic (exact) mass is 307 g/mol. The van der Waals surface area contributed by atoms with Gasteiger partial charge in [0.2, 0.25) is 5.91 Å². The zero-order chi connectivity index (χ0) is 15.5. The number of nitrogens with two attached hydrogens (primary N) is 1. The van der Waals surface area contributed by atoms with Crippen molar-refractivity contribution in [1.82, 2.24) is 0 Å². The molecule has 3 rings (SSSR count). The Balaban J connectivity index is 1.80. The van der Waals surface area contributed by atoms with Crippen LogP contribution in [0.2, 0.25) is 0 Å². The molecular formula is C16H22FN3O2. The molecule has 0 saturated carbocycles. The maximum Gasteiger partial charge on any atom is 0.227 e. The molecule has 0 aromatic heterocycles. The number of carbonyl (C=O) groups excluding carboxylic acids is 1. The predicted molar refractivity (Wildman–Crippen MR) is 83.6 cm³/mol. The van der Waals surface area contributed by atoms with Gasteiger partial charge in [0.05, 0.1) is 18.9 Å². The molecular weight excluding hydrogens is 285 g/mol. The van der Waals surface area contributed by atoms with Gasteiger partial charge < -0.3 is 20.3 Å². The van der Waals surface area contributed by atoms with Crippen molar-refractivity contribution in [1.29, 1.82) is 0 Å². The van der Waals surface area contributed by atoms with Crippen LogP contribution in [0.15, 0.2) is 18.2 Å². The number of hydrogen-bond donors (Lipinski definition) is 1. The molecule has 5 nitrogen and oxygen atoms in total. The van der Waals surface area contributed by atoms with Crippen LogP contribution in [0.25, 0.3) is 0 Å². The quantitative estimate of drug-likeness (QED) is 0.916. The standard InChI is InChI=1S/C16H22FN3O2/c17-14-9-13(20-11-12(10-18)1-4-16(20)21)2-3-15(14)19-5-7-22-8-6-19/h2-3,9,12H,1,4-8,10-11,18H2/t12-/m0/s1. The van der Waals surface area contributed by atoms with Gasteiger partial charge in [0.15, 0.2) is 0 Å². The van der Waals surface area contributed by atoms with Crippen LogP contribution in [0, 0.1) is 11.7 Å². The molecule has 2 N–H and O–H groups in total. The highest BCUT2D eigenvalue weighted by atomic mass is 19.1. The fourth-order valence-corrected chi connectivity index (χ4v) is 3.08. The van der Waals surface area contributed by atoms with E-state index in [9.17, 15) is 9.18 Å². The van der Waals surface area contributed by atoms with Crippen molar-refractivity contribution in [2.24, 2.45) is 11.7 Å². The van der Waals surface area contributed by atoms with Gasteiger partial charge in [0.1, 0.15) is 5.82 Å². The van der Waals surface area contributed by atoms with E-state index in [1.165, 1.54) is 6.07 Å². The highest BCUT2D eigenvalue weighted by molar-refractivity contribution is 5.94. The first kappa shape index (κ1) is 15.2. The second-order valence-corrected chi connectivity index (χ2v) is 5.88. The summed E-state index contributed by atoms with van der Waals surface area (Å²) in [5, 5.41) is 0. The van der Waals surface area contributed by atoms with E-state index in [1.807, 2.05) is 11.0 Å². The topological polar surface area (TPSA) is 58.8 Å². The van der Waals surface area contributed by atoms with Gasteiger partial charge in [-0.15, -0.1) is 0 Å². The minimum Gasteiger partial charge on any atom is -0.378 e. The van der Waals surface area contributed by atoms with Gasteiger partial charge in [-0.3, -0.25) is 4.79 Å². The Kier molecular flexibility index (Phi) is 4.59. The van der Waals surface area contributed by atoms with Crippen molar-refractivity contribution in [2.75, 3.05) is 49.2 Å². The molecule has 2 heterocycles. The summed E-state index contributed by atoms with van der Waals surface area (Å²) in [5.41, 5.74) is 6.91. The summed E-state index contributed by atoms with van der Waals surface area (Å²) in [6.45, 7) is 3.74. The minimum atomic E-state index is -0.290. The number of morpholine rings is 1. The summed E-state index contributed by atoms with van der Waals surface area (Å²) in [4.78, 5) is 15.7. The third-order valence-corrected chi connectivity index (χ3v) is 4.44. The van der Waals surface area contributed by atoms with E-state index >= 15 is 0 Å². The molecule has 1 aromatic rings. The van der Waals surface area contributed by atoms with Crippen LogP contribution in [0.1, 0.15) is 12.8 Å². The largest absolute Gasteiger partial charge is 0.378 e. The van der Waals surface area contributed by atoms with Crippen LogP contribution in [-0.4, -0.2) is 45.3 Å². The molecule has 2 aliphatic rings. The lowest BCUT2D eigenvalue weighted by atomic mass is 9.97. The van der Waals surface area contributed by atoms with E-state index in [0.29, 0.717) is 63.1 Å². The highest BCUT2D eigenvalue weighted by Gasteiger charge is 2.27. The zero-order valence-corrected chi connectivity index (χ0v) is 12.6. The van der Waals surface area contributed by atoms with Crippen molar-refractivity contribution in [3.8, 4) is 0 Å². The molecule has 0 spiro atoms. The molecule has 0 unspecified atom stereocenters. The molecule has 0 bridgehead atoms. The van der Waals surface area contributed by atoms with Gasteiger partial charge in [-0.2, -0.15) is 0 Å². The molecule has 1 amide bonds. The van der Waals surface area contributed by atoms with Crippen LogP contribution in [0.4, 0.5) is 15.8 Å². The van der Waals surface area contributed by atoms with Crippen LogP contribution in [-0.2, 0) is 9.53 Å². The number of carbonyl (C=O) groups is 1. The maximum absolute atomic E-state index is 14.5. The van der Waals surface area contributed by atoms with E-state index < -0.39 is 0 Å². The molecule has 2 aliphatic heterocycles. The summed E-state index contributed by atoms with van der Waals surface area (Å²) >= 11 is 0. The van der Waals surface area contributed by atoms with Crippen molar-refractivity contribution in [3.63, 3.8) is 0 Å². The van der Waals surface area contributed by atoms with Crippen LogP contribution in [0.5, 0.6) is 0 Å². The average molecular weight is 307 g/mol. The molecule has 120 valence electrons. The van der Waals surface area contributed by atoms with E-state index in [-0.39, 0.29) is 11.7 Å². The Hall–Kier alpha value is -1.66. The Labute approximate surface area is 129 Å². The Morgan fingerprint density at radius 1 is 1.32 bits per heavy atom. The van der Waals surface area contributed by atoms with E-state index in [0.717, 1.165) is 6.42 Å². The third kappa shape index (κ3) is 3.08. The number of ether oxygens (including phenoxy) is 1. The van der Waals surface area contributed by atoms with Gasteiger partial charge in [-0.05, 0) is 37.1 Å². The number of nitrogens with zero attached hydrogens (tertiary/aromatic N) is 2. The first-order valence-corrected chi connectivity index (χ1v) is 7.81. The van der Waals surface area contributed by atoms with Crippen LogP contribution in [0.3, 0.4) is 0 Å². The van der Waals surface area contributed by atoms with Gasteiger partial charge in [-0.1, -0.05) is 0 Å². The van der Waals surface area contributed by atoms with Crippen molar-refractivity contribution in [2.45, 2.75) is 12.8 Å². The number of piperidine rings is 1. The number of benzene rings is 1. The lowest BCUT2D eigenvalue weighted by Crippen LogP contribution is -2.42. The molecule has 6 heteroatoms. The molecule has 2 fully saturated rings. The lowest BCUT2D eigenvalue weighted by Gasteiger charge is -2.33. The summed E-state index contributed by atoms with van der Waals surface area (Å²) in [7, 11) is 0. The number of hydrogen-bond acceptors (Lipinski definition) is 4. The molecule has 2 saturated heterocycles. The highest BCUT2D eigenvalue weighted by Crippen LogP contribution is 2.29. The van der Waals surface area contributed by atoms with E-state index in [4.69, 9.17) is 10.5 Å². The lowest BCUT2D eigenvalue weighted by molar-refractivity contribution is -0.120. The third-order valence-electron chi connectivity index (χ3n) is 4.44. The van der Waals surface area contributed by atoms with Gasteiger partial charge >= 0.3 is 0 Å². The fraction of sp³-hybridized carbons (Fsp3) is 0.562. The second kappa shape index (κ2) is 6.62. The van der Waals surface area contributed by atoms with E-state index in [2.05, 4.69) is 0 Å². The number of amides is 1. The molecule has 0 radical (unpaired) electrons. The summed E-state index contributed by atoms with van der Waals surface area (Å²) in [6.07, 6.45) is 1.30. The van der Waals surface area contributed by atoms with Gasteiger partial charge in [0.25, 0.3) is 0 Å². The minimum absolute atomic E-state index is 0.0447. The van der Waals surface area contributed by atoms with Gasteiger partial charge in [-0.25, -0.2) is 4.39 Å². The second-order valence-electron chi connectivity index (χ2n) is 5.88. The number of rotatable bonds is 3. The summed E-state index contributed by atoms with van der Waals surface area (Å²) < 4.78 is 19.7. The maximum atomic E-state index is 14.5. The van der Waals surface area contributed by atoms with Crippen LogP contribution >= 0.6 is 0 Å². The average Bonchev–Trinajstić information content (AvgIpc) is 2.56. The SMILES string of the molecule is NC[C@@H]1CCC(=O)N(c2ccc(N3CCOCC3)c(F)c2)C1. The van der Waals surface area contributed by atoms with Crippen molar-refractivity contribution >= 4 is 17.3 Å².